The fourth-order valence-corrected chi connectivity index (χ4v) is 2.84. The average Bonchev–Trinajstić information content (AvgIpc) is 2.75. The summed E-state index contributed by atoms with van der Waals surface area (Å²) in [5.41, 5.74) is 4.92. The van der Waals surface area contributed by atoms with Crippen LogP contribution in [0.3, 0.4) is 0 Å². The molecule has 1 heterocycles. The second-order valence-corrected chi connectivity index (χ2v) is 5.95. The molecule has 2 N–H and O–H groups in total. The van der Waals surface area contributed by atoms with E-state index in [0.29, 0.717) is 11.4 Å². The number of nitrogens with one attached hydrogen (secondary N) is 2. The van der Waals surface area contributed by atoms with Crippen molar-refractivity contribution in [2.24, 2.45) is 0 Å². The fourth-order valence-electron chi connectivity index (χ4n) is 2.67. The maximum Gasteiger partial charge on any atom is 0.228 e. The van der Waals surface area contributed by atoms with Crippen molar-refractivity contribution in [2.75, 3.05) is 5.32 Å². The molecule has 0 bridgehead atoms. The quantitative estimate of drug-likeness (QED) is 0.728. The van der Waals surface area contributed by atoms with Crippen molar-refractivity contribution in [1.82, 2.24) is 4.98 Å². The van der Waals surface area contributed by atoms with E-state index in [1.807, 2.05) is 56.3 Å². The summed E-state index contributed by atoms with van der Waals surface area (Å²) >= 11 is 6.07. The third kappa shape index (κ3) is 3.00. The molecule has 22 heavy (non-hydrogen) atoms. The van der Waals surface area contributed by atoms with Crippen LogP contribution in [0.4, 0.5) is 5.69 Å². The smallest absolute Gasteiger partial charge is 0.228 e. The molecule has 4 heteroatoms. The number of aromatic nitrogens is 1. The molecule has 3 aromatic rings. The van der Waals surface area contributed by atoms with E-state index < -0.39 is 0 Å². The Kier molecular flexibility index (Phi) is 3.90. The number of hydrogen-bond acceptors (Lipinski definition) is 1. The van der Waals surface area contributed by atoms with Crippen LogP contribution >= 0.6 is 11.6 Å². The van der Waals surface area contributed by atoms with Gasteiger partial charge in [0, 0.05) is 27.3 Å². The SMILES string of the molecule is Cc1cccc(NC(=O)Cc2c(C)[nH]c3ccc(Cl)cc23)c1. The topological polar surface area (TPSA) is 44.9 Å². The normalized spacial score (nSPS) is 10.9. The van der Waals surface area contributed by atoms with Crippen LogP contribution in [0.2, 0.25) is 5.02 Å². The number of aromatic amines is 1. The van der Waals surface area contributed by atoms with Crippen LogP contribution in [0, 0.1) is 13.8 Å². The van der Waals surface area contributed by atoms with Gasteiger partial charge in [0.05, 0.1) is 6.42 Å². The Morgan fingerprint density at radius 3 is 2.77 bits per heavy atom. The van der Waals surface area contributed by atoms with E-state index in [9.17, 15) is 4.79 Å². The molecule has 1 amide bonds. The number of anilines is 1. The minimum absolute atomic E-state index is 0.0328. The maximum absolute atomic E-state index is 12.3. The van der Waals surface area contributed by atoms with Crippen LogP contribution in [0.25, 0.3) is 10.9 Å². The molecule has 0 saturated heterocycles. The third-order valence-electron chi connectivity index (χ3n) is 3.72. The molecule has 2 aromatic carbocycles. The molecule has 0 radical (unpaired) electrons. The lowest BCUT2D eigenvalue weighted by Gasteiger charge is -2.06. The maximum atomic E-state index is 12.3. The molecule has 0 saturated carbocycles. The molecule has 3 rings (SSSR count). The zero-order valence-electron chi connectivity index (χ0n) is 12.5. The van der Waals surface area contributed by atoms with Gasteiger partial charge < -0.3 is 10.3 Å². The summed E-state index contributed by atoms with van der Waals surface area (Å²) in [4.78, 5) is 15.6. The molecule has 0 fully saturated rings. The largest absolute Gasteiger partial charge is 0.358 e. The van der Waals surface area contributed by atoms with Gasteiger partial charge in [-0.15, -0.1) is 0 Å². The summed E-state index contributed by atoms with van der Waals surface area (Å²) in [7, 11) is 0. The Labute approximate surface area is 134 Å². The van der Waals surface area contributed by atoms with Gasteiger partial charge >= 0.3 is 0 Å². The molecule has 0 unspecified atom stereocenters. The number of carbonyl (C=O) groups excluding carboxylic acids is 1. The van der Waals surface area contributed by atoms with Crippen molar-refractivity contribution in [3.05, 3.63) is 64.3 Å². The first-order chi connectivity index (χ1) is 10.5. The lowest BCUT2D eigenvalue weighted by molar-refractivity contribution is -0.115. The van der Waals surface area contributed by atoms with Gasteiger partial charge in [0.15, 0.2) is 0 Å². The highest BCUT2D eigenvalue weighted by atomic mass is 35.5. The number of rotatable bonds is 3. The van der Waals surface area contributed by atoms with E-state index in [4.69, 9.17) is 11.6 Å². The minimum atomic E-state index is -0.0328. The number of carbonyl (C=O) groups is 1. The lowest BCUT2D eigenvalue weighted by atomic mass is 10.1. The standard InChI is InChI=1S/C18H17ClN2O/c1-11-4-3-5-14(8-11)21-18(22)10-15-12(2)20-17-7-6-13(19)9-16(15)17/h3-9,20H,10H2,1-2H3,(H,21,22). The number of amides is 1. The van der Waals surface area contributed by atoms with Gasteiger partial charge in [-0.25, -0.2) is 0 Å². The number of benzene rings is 2. The molecule has 3 nitrogen and oxygen atoms in total. The fraction of sp³-hybridized carbons (Fsp3) is 0.167. The van der Waals surface area contributed by atoms with Crippen molar-refractivity contribution in [1.29, 1.82) is 0 Å². The molecule has 0 spiro atoms. The van der Waals surface area contributed by atoms with Gasteiger partial charge in [0.25, 0.3) is 0 Å². The van der Waals surface area contributed by atoms with Crippen LogP contribution in [-0.2, 0) is 11.2 Å². The zero-order valence-corrected chi connectivity index (χ0v) is 13.3. The summed E-state index contributed by atoms with van der Waals surface area (Å²) in [5.74, 6) is -0.0328. The van der Waals surface area contributed by atoms with Gasteiger partial charge in [0.2, 0.25) is 5.91 Å². The second-order valence-electron chi connectivity index (χ2n) is 5.51. The van der Waals surface area contributed by atoms with E-state index in [0.717, 1.165) is 33.4 Å². The second kappa shape index (κ2) is 5.85. The van der Waals surface area contributed by atoms with Crippen molar-refractivity contribution in [2.45, 2.75) is 20.3 Å². The highest BCUT2D eigenvalue weighted by molar-refractivity contribution is 6.31. The summed E-state index contributed by atoms with van der Waals surface area (Å²) < 4.78 is 0. The first kappa shape index (κ1) is 14.7. The van der Waals surface area contributed by atoms with Crippen molar-refractivity contribution < 1.29 is 4.79 Å². The minimum Gasteiger partial charge on any atom is -0.358 e. The van der Waals surface area contributed by atoms with E-state index >= 15 is 0 Å². The van der Waals surface area contributed by atoms with Crippen molar-refractivity contribution in [3.63, 3.8) is 0 Å². The van der Waals surface area contributed by atoms with Crippen molar-refractivity contribution >= 4 is 34.1 Å². The van der Waals surface area contributed by atoms with Crippen molar-refractivity contribution in [3.8, 4) is 0 Å². The highest BCUT2D eigenvalue weighted by Crippen LogP contribution is 2.26. The summed E-state index contributed by atoms with van der Waals surface area (Å²) in [6.07, 6.45) is 0.320. The van der Waals surface area contributed by atoms with Crippen LogP contribution in [0.5, 0.6) is 0 Å². The highest BCUT2D eigenvalue weighted by Gasteiger charge is 2.13. The van der Waals surface area contributed by atoms with E-state index in [1.165, 1.54) is 0 Å². The summed E-state index contributed by atoms with van der Waals surface area (Å²) in [5, 5.41) is 4.62. The molecule has 0 aliphatic heterocycles. The predicted octanol–water partition coefficient (Wildman–Crippen LogP) is 4.62. The Bertz CT molecular complexity index is 851. The Balaban J connectivity index is 1.85. The Morgan fingerprint density at radius 2 is 2.00 bits per heavy atom. The average molecular weight is 313 g/mol. The lowest BCUT2D eigenvalue weighted by Crippen LogP contribution is -2.14. The number of hydrogen-bond donors (Lipinski definition) is 2. The van der Waals surface area contributed by atoms with Crippen LogP contribution in [0.1, 0.15) is 16.8 Å². The first-order valence-electron chi connectivity index (χ1n) is 7.16. The number of fused-ring (bicyclic) bond motifs is 1. The molecule has 0 aliphatic rings. The molecular weight excluding hydrogens is 296 g/mol. The molecule has 0 atom stereocenters. The van der Waals surface area contributed by atoms with Gasteiger partial charge in [-0.1, -0.05) is 23.7 Å². The Hall–Kier alpha value is -2.26. The zero-order chi connectivity index (χ0) is 15.7. The van der Waals surface area contributed by atoms with Gasteiger partial charge in [-0.2, -0.15) is 0 Å². The molecule has 1 aromatic heterocycles. The summed E-state index contributed by atoms with van der Waals surface area (Å²) in [6, 6.07) is 13.5. The third-order valence-corrected chi connectivity index (χ3v) is 3.96. The number of H-pyrrole nitrogens is 1. The predicted molar refractivity (Wildman–Crippen MR) is 91.6 cm³/mol. The Morgan fingerprint density at radius 1 is 1.18 bits per heavy atom. The first-order valence-corrected chi connectivity index (χ1v) is 7.54. The monoisotopic (exact) mass is 312 g/mol. The van der Waals surface area contributed by atoms with Crippen LogP contribution < -0.4 is 5.32 Å². The van der Waals surface area contributed by atoms with Gasteiger partial charge in [0.1, 0.15) is 0 Å². The number of aryl methyl sites for hydroxylation is 2. The van der Waals surface area contributed by atoms with Gasteiger partial charge in [-0.3, -0.25) is 4.79 Å². The molecule has 0 aliphatic carbocycles. The molecule has 112 valence electrons. The van der Waals surface area contributed by atoms with Crippen LogP contribution in [0.15, 0.2) is 42.5 Å². The van der Waals surface area contributed by atoms with E-state index in [1.54, 1.807) is 0 Å². The van der Waals surface area contributed by atoms with Gasteiger partial charge in [-0.05, 0) is 55.3 Å². The molecular formula is C18H17ClN2O. The summed E-state index contributed by atoms with van der Waals surface area (Å²) in [6.45, 7) is 3.98. The van der Waals surface area contributed by atoms with Crippen LogP contribution in [-0.4, -0.2) is 10.9 Å². The number of halogens is 1. The van der Waals surface area contributed by atoms with E-state index in [-0.39, 0.29) is 5.91 Å². The van der Waals surface area contributed by atoms with E-state index in [2.05, 4.69) is 10.3 Å².